The van der Waals surface area contributed by atoms with Gasteiger partial charge in [0, 0.05) is 16.1 Å². The van der Waals surface area contributed by atoms with Crippen LogP contribution in [0, 0.1) is 0 Å². The third-order valence-electron chi connectivity index (χ3n) is 3.02. The van der Waals surface area contributed by atoms with Crippen LogP contribution in [-0.4, -0.2) is 5.78 Å². The molecule has 0 amide bonds. The fourth-order valence-corrected chi connectivity index (χ4v) is 2.23. The SMILES string of the molecule is CCc1ccc(-c2cccc(C(C)=O)c2)c(Cl)c1. The Morgan fingerprint density at radius 2 is 1.94 bits per heavy atom. The molecule has 0 aromatic heterocycles. The van der Waals surface area contributed by atoms with Crippen LogP contribution in [0.3, 0.4) is 0 Å². The van der Waals surface area contributed by atoms with Crippen LogP contribution in [0.15, 0.2) is 42.5 Å². The minimum atomic E-state index is 0.0677. The van der Waals surface area contributed by atoms with Crippen LogP contribution in [-0.2, 0) is 6.42 Å². The van der Waals surface area contributed by atoms with Crippen molar-refractivity contribution in [1.82, 2.24) is 0 Å². The lowest BCUT2D eigenvalue weighted by atomic mass is 10.00. The van der Waals surface area contributed by atoms with E-state index in [9.17, 15) is 4.79 Å². The summed E-state index contributed by atoms with van der Waals surface area (Å²) in [6.45, 7) is 3.67. The summed E-state index contributed by atoms with van der Waals surface area (Å²) in [5.41, 5.74) is 3.88. The van der Waals surface area contributed by atoms with Crippen LogP contribution in [0.4, 0.5) is 0 Å². The topological polar surface area (TPSA) is 17.1 Å². The summed E-state index contributed by atoms with van der Waals surface area (Å²) >= 11 is 6.29. The normalized spacial score (nSPS) is 10.4. The lowest BCUT2D eigenvalue weighted by Crippen LogP contribution is -1.92. The molecule has 0 aliphatic carbocycles. The molecular formula is C16H15ClO. The predicted molar refractivity (Wildman–Crippen MR) is 76.3 cm³/mol. The number of hydrogen-bond acceptors (Lipinski definition) is 1. The van der Waals surface area contributed by atoms with E-state index in [2.05, 4.69) is 13.0 Å². The van der Waals surface area contributed by atoms with Gasteiger partial charge >= 0.3 is 0 Å². The maximum Gasteiger partial charge on any atom is 0.159 e. The first-order valence-corrected chi connectivity index (χ1v) is 6.39. The van der Waals surface area contributed by atoms with Gasteiger partial charge in [-0.2, -0.15) is 0 Å². The highest BCUT2D eigenvalue weighted by Gasteiger charge is 2.06. The number of ketones is 1. The van der Waals surface area contributed by atoms with Gasteiger partial charge in [0.05, 0.1) is 0 Å². The highest BCUT2D eigenvalue weighted by Crippen LogP contribution is 2.29. The highest BCUT2D eigenvalue weighted by atomic mass is 35.5. The Labute approximate surface area is 112 Å². The fraction of sp³-hybridized carbons (Fsp3) is 0.188. The molecule has 0 atom stereocenters. The Kier molecular flexibility index (Phi) is 3.83. The van der Waals surface area contributed by atoms with Crippen LogP contribution in [0.5, 0.6) is 0 Å². The van der Waals surface area contributed by atoms with E-state index in [1.807, 2.05) is 36.4 Å². The maximum atomic E-state index is 11.4. The van der Waals surface area contributed by atoms with E-state index in [-0.39, 0.29) is 5.78 Å². The summed E-state index contributed by atoms with van der Waals surface area (Å²) < 4.78 is 0. The van der Waals surface area contributed by atoms with E-state index in [4.69, 9.17) is 11.6 Å². The molecule has 0 heterocycles. The van der Waals surface area contributed by atoms with Gasteiger partial charge in [-0.25, -0.2) is 0 Å². The zero-order valence-electron chi connectivity index (χ0n) is 10.5. The lowest BCUT2D eigenvalue weighted by molar-refractivity contribution is 0.101. The molecule has 0 fully saturated rings. The smallest absolute Gasteiger partial charge is 0.159 e. The standard InChI is InChI=1S/C16H15ClO/c1-3-12-7-8-15(16(17)9-12)14-6-4-5-13(10-14)11(2)18/h4-10H,3H2,1-2H3. The zero-order valence-corrected chi connectivity index (χ0v) is 11.3. The largest absolute Gasteiger partial charge is 0.295 e. The van der Waals surface area contributed by atoms with Crippen molar-refractivity contribution >= 4 is 17.4 Å². The Hall–Kier alpha value is -1.60. The fourth-order valence-electron chi connectivity index (χ4n) is 1.92. The van der Waals surface area contributed by atoms with Gasteiger partial charge in [-0.3, -0.25) is 4.79 Å². The van der Waals surface area contributed by atoms with Gasteiger partial charge in [-0.1, -0.05) is 48.9 Å². The van der Waals surface area contributed by atoms with E-state index in [0.29, 0.717) is 5.56 Å². The maximum absolute atomic E-state index is 11.4. The van der Waals surface area contributed by atoms with Gasteiger partial charge in [-0.15, -0.1) is 0 Å². The monoisotopic (exact) mass is 258 g/mol. The first kappa shape index (κ1) is 12.8. The number of aryl methyl sites for hydroxylation is 1. The van der Waals surface area contributed by atoms with Gasteiger partial charge in [0.2, 0.25) is 0 Å². The second-order valence-electron chi connectivity index (χ2n) is 4.30. The number of Topliss-reactive ketones (excluding diaryl/α,β-unsaturated/α-hetero) is 1. The molecule has 0 spiro atoms. The molecule has 0 saturated heterocycles. The van der Waals surface area contributed by atoms with Crippen molar-refractivity contribution < 1.29 is 4.79 Å². The minimum absolute atomic E-state index is 0.0677. The van der Waals surface area contributed by atoms with E-state index >= 15 is 0 Å². The number of rotatable bonds is 3. The van der Waals surface area contributed by atoms with Gasteiger partial charge in [-0.05, 0) is 36.6 Å². The molecule has 0 saturated carbocycles. The lowest BCUT2D eigenvalue weighted by Gasteiger charge is -2.07. The third kappa shape index (κ3) is 2.62. The molecule has 92 valence electrons. The third-order valence-corrected chi connectivity index (χ3v) is 3.33. The van der Waals surface area contributed by atoms with Crippen LogP contribution in [0.2, 0.25) is 5.02 Å². The van der Waals surface area contributed by atoms with Crippen molar-refractivity contribution in [1.29, 1.82) is 0 Å². The number of benzene rings is 2. The van der Waals surface area contributed by atoms with Crippen molar-refractivity contribution in [2.45, 2.75) is 20.3 Å². The summed E-state index contributed by atoms with van der Waals surface area (Å²) in [5.74, 6) is 0.0677. The van der Waals surface area contributed by atoms with Crippen LogP contribution in [0.1, 0.15) is 29.8 Å². The van der Waals surface area contributed by atoms with Gasteiger partial charge in [0.25, 0.3) is 0 Å². The number of halogens is 1. The number of carbonyl (C=O) groups excluding carboxylic acids is 1. The molecular weight excluding hydrogens is 244 g/mol. The van der Waals surface area contributed by atoms with Gasteiger partial charge in [0.1, 0.15) is 0 Å². The summed E-state index contributed by atoms with van der Waals surface area (Å²) in [4.78, 5) is 11.4. The second-order valence-corrected chi connectivity index (χ2v) is 4.71. The number of hydrogen-bond donors (Lipinski definition) is 0. The molecule has 0 bridgehead atoms. The molecule has 0 N–H and O–H groups in total. The molecule has 0 aliphatic heterocycles. The van der Waals surface area contributed by atoms with Crippen molar-refractivity contribution in [2.24, 2.45) is 0 Å². The van der Waals surface area contributed by atoms with Crippen molar-refractivity contribution in [2.75, 3.05) is 0 Å². The molecule has 18 heavy (non-hydrogen) atoms. The Morgan fingerprint density at radius 1 is 1.17 bits per heavy atom. The molecule has 2 heteroatoms. The molecule has 0 aliphatic rings. The Balaban J connectivity index is 2.48. The summed E-state index contributed by atoms with van der Waals surface area (Å²) in [6, 6.07) is 13.6. The van der Waals surface area contributed by atoms with E-state index in [0.717, 1.165) is 22.6 Å². The summed E-state index contributed by atoms with van der Waals surface area (Å²) in [7, 11) is 0. The van der Waals surface area contributed by atoms with E-state index in [1.54, 1.807) is 6.92 Å². The van der Waals surface area contributed by atoms with Crippen molar-refractivity contribution in [3.05, 3.63) is 58.6 Å². The van der Waals surface area contributed by atoms with Crippen LogP contribution in [0.25, 0.3) is 11.1 Å². The zero-order chi connectivity index (χ0) is 13.1. The second kappa shape index (κ2) is 5.36. The van der Waals surface area contributed by atoms with E-state index < -0.39 is 0 Å². The van der Waals surface area contributed by atoms with Crippen LogP contribution >= 0.6 is 11.6 Å². The molecule has 2 rings (SSSR count). The first-order chi connectivity index (χ1) is 8.61. The highest BCUT2D eigenvalue weighted by molar-refractivity contribution is 6.33. The van der Waals surface area contributed by atoms with Gasteiger partial charge < -0.3 is 0 Å². The molecule has 2 aromatic rings. The van der Waals surface area contributed by atoms with Gasteiger partial charge in [0.15, 0.2) is 5.78 Å². The Bertz CT molecular complexity index is 587. The van der Waals surface area contributed by atoms with Crippen LogP contribution < -0.4 is 0 Å². The average molecular weight is 259 g/mol. The molecule has 2 aromatic carbocycles. The average Bonchev–Trinajstić information content (AvgIpc) is 2.38. The summed E-state index contributed by atoms with van der Waals surface area (Å²) in [6.07, 6.45) is 0.966. The predicted octanol–water partition coefficient (Wildman–Crippen LogP) is 4.77. The minimum Gasteiger partial charge on any atom is -0.295 e. The van der Waals surface area contributed by atoms with E-state index in [1.165, 1.54) is 5.56 Å². The molecule has 0 radical (unpaired) electrons. The number of carbonyl (C=O) groups is 1. The molecule has 0 unspecified atom stereocenters. The molecule has 1 nitrogen and oxygen atoms in total. The first-order valence-electron chi connectivity index (χ1n) is 6.01. The van der Waals surface area contributed by atoms with Crippen molar-refractivity contribution in [3.63, 3.8) is 0 Å². The Morgan fingerprint density at radius 3 is 2.56 bits per heavy atom. The van der Waals surface area contributed by atoms with Crippen molar-refractivity contribution in [3.8, 4) is 11.1 Å². The summed E-state index contributed by atoms with van der Waals surface area (Å²) in [5, 5.41) is 0.732. The quantitative estimate of drug-likeness (QED) is 0.725.